The Morgan fingerprint density at radius 1 is 1.04 bits per heavy atom. The van der Waals surface area contributed by atoms with Crippen LogP contribution in [-0.4, -0.2) is 26.0 Å². The van der Waals surface area contributed by atoms with Gasteiger partial charge in [0.2, 0.25) is 0 Å². The van der Waals surface area contributed by atoms with Crippen LogP contribution in [0.5, 0.6) is 0 Å². The molecule has 0 atom stereocenters. The lowest BCUT2D eigenvalue weighted by molar-refractivity contribution is 0.0698. The number of carboxylic acid groups (broad SMARTS) is 1. The summed E-state index contributed by atoms with van der Waals surface area (Å²) in [4.78, 5) is 23.3. The van der Waals surface area contributed by atoms with Gasteiger partial charge in [-0.05, 0) is 41.8 Å². The topological polar surface area (TPSA) is 78.9 Å². The highest BCUT2D eigenvalue weighted by Crippen LogP contribution is 2.26. The van der Waals surface area contributed by atoms with E-state index in [4.69, 9.17) is 0 Å². The number of pyridine rings is 1. The largest absolute Gasteiger partial charge is 0.478 e. The van der Waals surface area contributed by atoms with Crippen molar-refractivity contribution in [2.24, 2.45) is 0 Å². The van der Waals surface area contributed by atoms with E-state index in [-0.39, 0.29) is 5.56 Å². The fraction of sp³-hybridized carbons (Fsp3) is 0.0500. The van der Waals surface area contributed by atoms with E-state index in [2.05, 4.69) is 15.0 Å². The van der Waals surface area contributed by atoms with Gasteiger partial charge >= 0.3 is 5.97 Å². The Kier molecular flexibility index (Phi) is 3.54. The molecular formula is C20H15N3O2. The first-order valence-electron chi connectivity index (χ1n) is 7.86. The van der Waals surface area contributed by atoms with E-state index in [1.165, 1.54) is 0 Å². The van der Waals surface area contributed by atoms with Crippen molar-refractivity contribution in [2.75, 3.05) is 0 Å². The molecule has 0 saturated heterocycles. The number of aromatic nitrogens is 3. The van der Waals surface area contributed by atoms with Crippen LogP contribution in [0.15, 0.2) is 60.9 Å². The second kappa shape index (κ2) is 5.87. The highest BCUT2D eigenvalue weighted by molar-refractivity contribution is 6.02. The summed E-state index contributed by atoms with van der Waals surface area (Å²) >= 11 is 0. The third kappa shape index (κ3) is 2.76. The lowest BCUT2D eigenvalue weighted by Gasteiger charge is -2.02. The van der Waals surface area contributed by atoms with E-state index in [9.17, 15) is 9.90 Å². The van der Waals surface area contributed by atoms with Gasteiger partial charge in [-0.3, -0.25) is 4.98 Å². The molecule has 0 radical (unpaired) electrons. The molecule has 0 spiro atoms. The second-order valence-electron chi connectivity index (χ2n) is 5.92. The van der Waals surface area contributed by atoms with Gasteiger partial charge in [-0.2, -0.15) is 0 Å². The number of rotatable bonds is 3. The van der Waals surface area contributed by atoms with E-state index in [0.29, 0.717) is 11.3 Å². The molecule has 0 aliphatic rings. The maximum Gasteiger partial charge on any atom is 0.337 e. The number of aryl methyl sites for hydroxylation is 1. The molecule has 2 heterocycles. The molecule has 2 N–H and O–H groups in total. The average Bonchev–Trinajstić information content (AvgIpc) is 3.05. The lowest BCUT2D eigenvalue weighted by atomic mass is 10.1. The maximum absolute atomic E-state index is 11.5. The van der Waals surface area contributed by atoms with E-state index in [1.54, 1.807) is 12.3 Å². The van der Waals surface area contributed by atoms with Crippen molar-refractivity contribution < 1.29 is 9.90 Å². The standard InChI is InChI=1S/C20H15N3O2/c1-12-9-16(20(24)25)18-17(10-12)22-19(23-18)14-6-4-13(5-7-14)15-3-2-8-21-11-15/h2-11H,1H3,(H,22,23)(H,24,25). The molecule has 4 rings (SSSR count). The Balaban J connectivity index is 1.77. The summed E-state index contributed by atoms with van der Waals surface area (Å²) in [6.07, 6.45) is 3.56. The normalized spacial score (nSPS) is 10.9. The van der Waals surface area contributed by atoms with Crippen molar-refractivity contribution in [3.05, 3.63) is 72.1 Å². The molecule has 0 aliphatic heterocycles. The SMILES string of the molecule is Cc1cc(C(=O)O)c2nc(-c3ccc(-c4cccnc4)cc3)[nH]c2c1. The van der Waals surface area contributed by atoms with Crippen molar-refractivity contribution in [2.45, 2.75) is 6.92 Å². The fourth-order valence-electron chi connectivity index (χ4n) is 2.92. The first-order chi connectivity index (χ1) is 12.1. The van der Waals surface area contributed by atoms with Crippen LogP contribution in [0, 0.1) is 6.92 Å². The van der Waals surface area contributed by atoms with E-state index in [0.717, 1.165) is 27.8 Å². The molecule has 122 valence electrons. The minimum Gasteiger partial charge on any atom is -0.478 e. The zero-order chi connectivity index (χ0) is 17.4. The molecular weight excluding hydrogens is 314 g/mol. The highest BCUT2D eigenvalue weighted by atomic mass is 16.4. The van der Waals surface area contributed by atoms with Gasteiger partial charge < -0.3 is 10.1 Å². The summed E-state index contributed by atoms with van der Waals surface area (Å²) < 4.78 is 0. The van der Waals surface area contributed by atoms with Crippen LogP contribution in [0.2, 0.25) is 0 Å². The van der Waals surface area contributed by atoms with Gasteiger partial charge in [0.05, 0.1) is 11.1 Å². The number of fused-ring (bicyclic) bond motifs is 1. The van der Waals surface area contributed by atoms with Crippen LogP contribution in [0.1, 0.15) is 15.9 Å². The number of aromatic carboxylic acids is 1. The number of carboxylic acids is 1. The number of nitrogens with one attached hydrogen (secondary N) is 1. The zero-order valence-electron chi connectivity index (χ0n) is 13.5. The van der Waals surface area contributed by atoms with Crippen LogP contribution in [-0.2, 0) is 0 Å². The van der Waals surface area contributed by atoms with Gasteiger partial charge in [-0.15, -0.1) is 0 Å². The number of aromatic amines is 1. The molecule has 4 aromatic rings. The van der Waals surface area contributed by atoms with Crippen molar-refractivity contribution in [1.82, 2.24) is 15.0 Å². The summed E-state index contributed by atoms with van der Waals surface area (Å²) in [7, 11) is 0. The van der Waals surface area contributed by atoms with E-state index in [1.807, 2.05) is 55.6 Å². The molecule has 0 amide bonds. The Morgan fingerprint density at radius 3 is 2.48 bits per heavy atom. The molecule has 5 nitrogen and oxygen atoms in total. The predicted octanol–water partition coefficient (Wildman–Crippen LogP) is 4.30. The summed E-state index contributed by atoms with van der Waals surface area (Å²) in [5, 5.41) is 9.39. The monoisotopic (exact) mass is 329 g/mol. The van der Waals surface area contributed by atoms with Crippen molar-refractivity contribution >= 4 is 17.0 Å². The van der Waals surface area contributed by atoms with Crippen molar-refractivity contribution in [1.29, 1.82) is 0 Å². The molecule has 5 heteroatoms. The van der Waals surface area contributed by atoms with Gasteiger partial charge in [0.15, 0.2) is 0 Å². The smallest absolute Gasteiger partial charge is 0.337 e. The van der Waals surface area contributed by atoms with Crippen LogP contribution in [0.3, 0.4) is 0 Å². The molecule has 0 aliphatic carbocycles. The number of hydrogen-bond acceptors (Lipinski definition) is 3. The quantitative estimate of drug-likeness (QED) is 0.587. The van der Waals surface area contributed by atoms with E-state index < -0.39 is 5.97 Å². The molecule has 0 fully saturated rings. The Labute approximate surface area is 144 Å². The highest BCUT2D eigenvalue weighted by Gasteiger charge is 2.14. The van der Waals surface area contributed by atoms with Gasteiger partial charge in [0.1, 0.15) is 11.3 Å². The Bertz CT molecular complexity index is 1070. The van der Waals surface area contributed by atoms with Gasteiger partial charge in [-0.25, -0.2) is 9.78 Å². The number of nitrogens with zero attached hydrogens (tertiary/aromatic N) is 2. The third-order valence-corrected chi connectivity index (χ3v) is 4.11. The molecule has 0 unspecified atom stereocenters. The fourth-order valence-corrected chi connectivity index (χ4v) is 2.92. The summed E-state index contributed by atoms with van der Waals surface area (Å²) in [5.41, 5.74) is 5.31. The first kappa shape index (κ1) is 15.1. The van der Waals surface area contributed by atoms with Crippen LogP contribution in [0.4, 0.5) is 0 Å². The number of benzene rings is 2. The van der Waals surface area contributed by atoms with Crippen LogP contribution in [0.25, 0.3) is 33.5 Å². The zero-order valence-corrected chi connectivity index (χ0v) is 13.5. The molecule has 2 aromatic heterocycles. The molecule has 0 bridgehead atoms. The Hall–Kier alpha value is -3.47. The molecule has 0 saturated carbocycles. The third-order valence-electron chi connectivity index (χ3n) is 4.11. The second-order valence-corrected chi connectivity index (χ2v) is 5.92. The van der Waals surface area contributed by atoms with Crippen molar-refractivity contribution in [3.8, 4) is 22.5 Å². The van der Waals surface area contributed by atoms with E-state index >= 15 is 0 Å². The first-order valence-corrected chi connectivity index (χ1v) is 7.86. The summed E-state index contributed by atoms with van der Waals surface area (Å²) in [6.45, 7) is 1.87. The summed E-state index contributed by atoms with van der Waals surface area (Å²) in [6, 6.07) is 15.4. The minimum atomic E-state index is -0.973. The number of carbonyl (C=O) groups is 1. The lowest BCUT2D eigenvalue weighted by Crippen LogP contribution is -1.98. The van der Waals surface area contributed by atoms with Gasteiger partial charge in [0.25, 0.3) is 0 Å². The number of H-pyrrole nitrogens is 1. The van der Waals surface area contributed by atoms with Gasteiger partial charge in [-0.1, -0.05) is 30.3 Å². The predicted molar refractivity (Wildman–Crippen MR) is 96.5 cm³/mol. The number of hydrogen-bond donors (Lipinski definition) is 2. The minimum absolute atomic E-state index is 0.212. The Morgan fingerprint density at radius 2 is 1.80 bits per heavy atom. The van der Waals surface area contributed by atoms with Crippen LogP contribution >= 0.6 is 0 Å². The summed E-state index contributed by atoms with van der Waals surface area (Å²) in [5.74, 6) is -0.320. The van der Waals surface area contributed by atoms with Crippen LogP contribution < -0.4 is 0 Å². The maximum atomic E-state index is 11.5. The average molecular weight is 329 g/mol. The molecule has 2 aromatic carbocycles. The van der Waals surface area contributed by atoms with Gasteiger partial charge in [0, 0.05) is 18.0 Å². The van der Waals surface area contributed by atoms with Crippen molar-refractivity contribution in [3.63, 3.8) is 0 Å². The molecule has 25 heavy (non-hydrogen) atoms. The number of imidazole rings is 1.